The molecule has 1 aliphatic heterocycles. The molecule has 16 heavy (non-hydrogen) atoms. The van der Waals surface area contributed by atoms with Crippen LogP contribution in [0.4, 0.5) is 0 Å². The van der Waals surface area contributed by atoms with Crippen LogP contribution in [0.15, 0.2) is 24.3 Å². The second-order valence-corrected chi connectivity index (χ2v) is 4.42. The summed E-state index contributed by atoms with van der Waals surface area (Å²) in [6, 6.07) is 8.00. The summed E-state index contributed by atoms with van der Waals surface area (Å²) in [6.45, 7) is 3.83. The van der Waals surface area contributed by atoms with Crippen molar-refractivity contribution in [1.82, 2.24) is 5.32 Å². The van der Waals surface area contributed by atoms with Crippen molar-refractivity contribution in [3.63, 3.8) is 0 Å². The summed E-state index contributed by atoms with van der Waals surface area (Å²) >= 11 is 0. The van der Waals surface area contributed by atoms with E-state index in [-0.39, 0.29) is 0 Å². The molecule has 1 aromatic rings. The van der Waals surface area contributed by atoms with Gasteiger partial charge in [-0.15, -0.1) is 0 Å². The second-order valence-electron chi connectivity index (χ2n) is 4.42. The second kappa shape index (κ2) is 4.66. The maximum Gasteiger partial charge on any atom is 0.310 e. The maximum atomic E-state index is 10.8. The Bertz CT molecular complexity index is 366. The van der Waals surface area contributed by atoms with Crippen LogP contribution in [0.5, 0.6) is 0 Å². The summed E-state index contributed by atoms with van der Waals surface area (Å²) in [5, 5.41) is 12.2. The van der Waals surface area contributed by atoms with Gasteiger partial charge in [-0.05, 0) is 36.9 Å². The first-order chi connectivity index (χ1) is 7.68. The molecule has 2 unspecified atom stereocenters. The van der Waals surface area contributed by atoms with Crippen molar-refractivity contribution in [2.45, 2.75) is 25.2 Å². The first-order valence-corrected chi connectivity index (χ1v) is 5.72. The minimum absolute atomic E-state index is 0.421. The molecule has 0 amide bonds. The highest BCUT2D eigenvalue weighted by Crippen LogP contribution is 2.24. The zero-order chi connectivity index (χ0) is 11.5. The summed E-state index contributed by atoms with van der Waals surface area (Å²) in [6.07, 6.45) is 1.17. The summed E-state index contributed by atoms with van der Waals surface area (Å²) in [7, 11) is 0. The van der Waals surface area contributed by atoms with Crippen LogP contribution >= 0.6 is 0 Å². The van der Waals surface area contributed by atoms with Gasteiger partial charge in [0.1, 0.15) is 0 Å². The van der Waals surface area contributed by atoms with E-state index in [1.165, 1.54) is 12.0 Å². The molecular formula is C13H17NO2. The fourth-order valence-corrected chi connectivity index (χ4v) is 2.14. The van der Waals surface area contributed by atoms with Crippen molar-refractivity contribution < 1.29 is 9.90 Å². The molecule has 2 N–H and O–H groups in total. The lowest BCUT2D eigenvalue weighted by atomic mass is 9.94. The van der Waals surface area contributed by atoms with Gasteiger partial charge in [0.05, 0.1) is 5.92 Å². The van der Waals surface area contributed by atoms with E-state index < -0.39 is 11.9 Å². The van der Waals surface area contributed by atoms with E-state index in [2.05, 4.69) is 17.4 Å². The molecule has 1 aliphatic rings. The van der Waals surface area contributed by atoms with Gasteiger partial charge in [0.2, 0.25) is 0 Å². The minimum atomic E-state index is -0.768. The standard InChI is InChI=1S/C13H17NO2/c1-9(13(15)16)10-2-4-11(5-3-10)12-6-7-14-8-12/h2-5,9,12,14H,6-8H2,1H3,(H,15,16). The van der Waals surface area contributed by atoms with Gasteiger partial charge in [-0.25, -0.2) is 0 Å². The van der Waals surface area contributed by atoms with Crippen LogP contribution in [0.1, 0.15) is 36.3 Å². The molecule has 86 valence electrons. The van der Waals surface area contributed by atoms with Crippen molar-refractivity contribution in [3.05, 3.63) is 35.4 Å². The number of carbonyl (C=O) groups is 1. The minimum Gasteiger partial charge on any atom is -0.481 e. The molecule has 0 radical (unpaired) electrons. The molecular weight excluding hydrogens is 202 g/mol. The third-order valence-corrected chi connectivity index (χ3v) is 3.34. The van der Waals surface area contributed by atoms with E-state index in [4.69, 9.17) is 5.11 Å². The number of aliphatic carboxylic acids is 1. The quantitative estimate of drug-likeness (QED) is 0.817. The Morgan fingerprint density at radius 2 is 2.12 bits per heavy atom. The Kier molecular flexibility index (Phi) is 3.25. The lowest BCUT2D eigenvalue weighted by molar-refractivity contribution is -0.138. The van der Waals surface area contributed by atoms with Gasteiger partial charge < -0.3 is 10.4 Å². The van der Waals surface area contributed by atoms with Gasteiger partial charge in [-0.1, -0.05) is 24.3 Å². The smallest absolute Gasteiger partial charge is 0.310 e. The van der Waals surface area contributed by atoms with Crippen LogP contribution in [0.25, 0.3) is 0 Å². The molecule has 1 aromatic carbocycles. The zero-order valence-corrected chi connectivity index (χ0v) is 9.44. The van der Waals surface area contributed by atoms with Crippen LogP contribution in [-0.4, -0.2) is 24.2 Å². The summed E-state index contributed by atoms with van der Waals surface area (Å²) < 4.78 is 0. The Balaban J connectivity index is 2.12. The average molecular weight is 219 g/mol. The highest BCUT2D eigenvalue weighted by molar-refractivity contribution is 5.75. The van der Waals surface area contributed by atoms with Crippen LogP contribution in [-0.2, 0) is 4.79 Å². The molecule has 3 heteroatoms. The number of hydrogen-bond acceptors (Lipinski definition) is 2. The SMILES string of the molecule is CC(C(=O)O)c1ccc(C2CCNC2)cc1. The molecule has 0 aliphatic carbocycles. The van der Waals surface area contributed by atoms with Crippen LogP contribution < -0.4 is 5.32 Å². The summed E-state index contributed by atoms with van der Waals surface area (Å²) in [4.78, 5) is 10.8. The predicted molar refractivity (Wildman–Crippen MR) is 62.7 cm³/mol. The topological polar surface area (TPSA) is 49.3 Å². The van der Waals surface area contributed by atoms with Crippen LogP contribution in [0.2, 0.25) is 0 Å². The Hall–Kier alpha value is -1.35. The van der Waals surface area contributed by atoms with E-state index in [0.717, 1.165) is 18.7 Å². The first-order valence-electron chi connectivity index (χ1n) is 5.72. The molecule has 1 saturated heterocycles. The molecule has 0 aromatic heterocycles. The number of carboxylic acid groups (broad SMARTS) is 1. The van der Waals surface area contributed by atoms with Gasteiger partial charge in [-0.2, -0.15) is 0 Å². The molecule has 0 spiro atoms. The summed E-state index contributed by atoms with van der Waals surface area (Å²) in [5.41, 5.74) is 2.19. The molecule has 1 heterocycles. The van der Waals surface area contributed by atoms with Crippen molar-refractivity contribution in [1.29, 1.82) is 0 Å². The van der Waals surface area contributed by atoms with E-state index >= 15 is 0 Å². The van der Waals surface area contributed by atoms with E-state index in [0.29, 0.717) is 5.92 Å². The molecule has 2 atom stereocenters. The van der Waals surface area contributed by atoms with Gasteiger partial charge in [-0.3, -0.25) is 4.79 Å². The molecule has 1 fully saturated rings. The monoisotopic (exact) mass is 219 g/mol. The number of hydrogen-bond donors (Lipinski definition) is 2. The first kappa shape index (κ1) is 11.1. The van der Waals surface area contributed by atoms with Gasteiger partial charge >= 0.3 is 5.97 Å². The van der Waals surface area contributed by atoms with Crippen LogP contribution in [0.3, 0.4) is 0 Å². The predicted octanol–water partition coefficient (Wildman–Crippen LogP) is 1.95. The number of nitrogens with one attached hydrogen (secondary N) is 1. The van der Waals surface area contributed by atoms with Crippen molar-refractivity contribution in [3.8, 4) is 0 Å². The molecule has 0 bridgehead atoms. The fraction of sp³-hybridized carbons (Fsp3) is 0.462. The summed E-state index contributed by atoms with van der Waals surface area (Å²) in [5.74, 6) is -0.597. The number of carboxylic acids is 1. The Labute approximate surface area is 95.5 Å². The highest BCUT2D eigenvalue weighted by Gasteiger charge is 2.18. The molecule has 0 saturated carbocycles. The normalized spacial score (nSPS) is 21.9. The van der Waals surface area contributed by atoms with Gasteiger partial charge in [0.25, 0.3) is 0 Å². The zero-order valence-electron chi connectivity index (χ0n) is 9.44. The van der Waals surface area contributed by atoms with Crippen LogP contribution in [0, 0.1) is 0 Å². The number of benzene rings is 1. The van der Waals surface area contributed by atoms with E-state index in [1.807, 2.05) is 12.1 Å². The lowest BCUT2D eigenvalue weighted by Crippen LogP contribution is -2.09. The third-order valence-electron chi connectivity index (χ3n) is 3.34. The number of rotatable bonds is 3. The van der Waals surface area contributed by atoms with Crippen molar-refractivity contribution in [2.24, 2.45) is 0 Å². The van der Waals surface area contributed by atoms with E-state index in [1.54, 1.807) is 6.92 Å². The van der Waals surface area contributed by atoms with Crippen molar-refractivity contribution in [2.75, 3.05) is 13.1 Å². The molecule has 3 nitrogen and oxygen atoms in total. The fourth-order valence-electron chi connectivity index (χ4n) is 2.14. The van der Waals surface area contributed by atoms with Gasteiger partial charge in [0.15, 0.2) is 0 Å². The van der Waals surface area contributed by atoms with E-state index in [9.17, 15) is 4.79 Å². The van der Waals surface area contributed by atoms with Crippen molar-refractivity contribution >= 4 is 5.97 Å². The largest absolute Gasteiger partial charge is 0.481 e. The average Bonchev–Trinajstić information content (AvgIpc) is 2.81. The maximum absolute atomic E-state index is 10.8. The lowest BCUT2D eigenvalue weighted by Gasteiger charge is -2.11. The highest BCUT2D eigenvalue weighted by atomic mass is 16.4. The van der Waals surface area contributed by atoms with Gasteiger partial charge in [0, 0.05) is 6.54 Å². The molecule has 2 rings (SSSR count). The Morgan fingerprint density at radius 3 is 2.62 bits per heavy atom. The third kappa shape index (κ3) is 2.25. The Morgan fingerprint density at radius 1 is 1.44 bits per heavy atom.